The molecule has 0 radical (unpaired) electrons. The van der Waals surface area contributed by atoms with Crippen molar-refractivity contribution in [3.05, 3.63) is 66.1 Å². The van der Waals surface area contributed by atoms with Crippen molar-refractivity contribution in [1.29, 1.82) is 0 Å². The Morgan fingerprint density at radius 3 is 2.45 bits per heavy atom. The normalized spacial score (nSPS) is 16.6. The Labute approximate surface area is 283 Å². The number of nitrogens with zero attached hydrogens (tertiary/aromatic N) is 7. The van der Waals surface area contributed by atoms with Crippen LogP contribution in [0.2, 0.25) is 0 Å². The average Bonchev–Trinajstić information content (AvgIpc) is 3.06. The summed E-state index contributed by atoms with van der Waals surface area (Å²) in [6.07, 6.45) is 8.30. The van der Waals surface area contributed by atoms with E-state index in [-0.39, 0.29) is 5.91 Å². The third-order valence-corrected chi connectivity index (χ3v) is 10.8. The van der Waals surface area contributed by atoms with Crippen LogP contribution in [0.3, 0.4) is 0 Å². The van der Waals surface area contributed by atoms with Gasteiger partial charge in [0, 0.05) is 69.6 Å². The predicted molar refractivity (Wildman–Crippen MR) is 194 cm³/mol. The Bertz CT molecular complexity index is 1830. The number of hydrogen-bond acceptors (Lipinski definition) is 11. The van der Waals surface area contributed by atoms with Gasteiger partial charge < -0.3 is 30.3 Å². The van der Waals surface area contributed by atoms with E-state index in [0.29, 0.717) is 55.7 Å². The summed E-state index contributed by atoms with van der Waals surface area (Å²) in [4.78, 5) is 37.9. The van der Waals surface area contributed by atoms with E-state index < -0.39 is 7.14 Å². The first-order chi connectivity index (χ1) is 22.6. The number of likely N-dealkylation sites (N-methyl/N-ethyl adjacent to an activating group) is 1. The molecule has 12 nitrogen and oxygen atoms in total. The molecule has 2 saturated heterocycles. The molecule has 1 amide bonds. The number of piperidine rings is 1. The van der Waals surface area contributed by atoms with Crippen LogP contribution in [0.1, 0.15) is 12.8 Å². The van der Waals surface area contributed by atoms with Crippen LogP contribution in [0.4, 0.5) is 34.5 Å². The number of nitrogens with one attached hydrogen (secondary N) is 3. The van der Waals surface area contributed by atoms with Crippen LogP contribution in [0.5, 0.6) is 0 Å². The smallest absolute Gasteiger partial charge is 0.247 e. The summed E-state index contributed by atoms with van der Waals surface area (Å²) in [5.41, 5.74) is 4.26. The van der Waals surface area contributed by atoms with Gasteiger partial charge in [0.2, 0.25) is 11.9 Å². The van der Waals surface area contributed by atoms with Gasteiger partial charge in [-0.05, 0) is 85.6 Å². The summed E-state index contributed by atoms with van der Waals surface area (Å²) >= 11 is 3.55. The van der Waals surface area contributed by atoms with E-state index >= 15 is 0 Å². The van der Waals surface area contributed by atoms with Crippen molar-refractivity contribution < 1.29 is 9.36 Å². The summed E-state index contributed by atoms with van der Waals surface area (Å²) in [5, 5.41) is 10.2. The molecule has 0 unspecified atom stereocenters. The molecule has 3 N–H and O–H groups in total. The quantitative estimate of drug-likeness (QED) is 0.155. The van der Waals surface area contributed by atoms with Gasteiger partial charge in [-0.1, -0.05) is 6.58 Å². The number of hydrogen-bond donors (Lipinski definition) is 3. The molecule has 6 rings (SSSR count). The van der Waals surface area contributed by atoms with Gasteiger partial charge in [0.1, 0.15) is 18.5 Å². The van der Waals surface area contributed by atoms with Crippen molar-refractivity contribution in [3.8, 4) is 0 Å². The number of aromatic nitrogens is 4. The van der Waals surface area contributed by atoms with E-state index in [9.17, 15) is 9.36 Å². The van der Waals surface area contributed by atoms with Crippen LogP contribution in [-0.4, -0.2) is 101 Å². The number of benzene rings is 2. The fraction of sp³-hybridized carbons (Fsp3) is 0.364. The number of anilines is 6. The van der Waals surface area contributed by atoms with Crippen molar-refractivity contribution in [2.45, 2.75) is 18.9 Å². The molecule has 2 fully saturated rings. The van der Waals surface area contributed by atoms with Crippen molar-refractivity contribution >= 4 is 79.8 Å². The molecule has 47 heavy (non-hydrogen) atoms. The number of carbonyl (C=O) groups excluding carboxylic acids is 1. The molecule has 0 atom stereocenters. The molecule has 0 saturated carbocycles. The van der Waals surface area contributed by atoms with E-state index in [4.69, 9.17) is 4.98 Å². The van der Waals surface area contributed by atoms with Gasteiger partial charge in [0.15, 0.2) is 0 Å². The monoisotopic (exact) mass is 718 g/mol. The number of carbonyl (C=O) groups is 1. The number of halogens is 1. The first kappa shape index (κ1) is 33.0. The van der Waals surface area contributed by atoms with E-state index in [1.807, 2.05) is 30.3 Å². The molecule has 2 aromatic heterocycles. The Morgan fingerprint density at radius 1 is 0.979 bits per heavy atom. The summed E-state index contributed by atoms with van der Waals surface area (Å²) in [6.45, 7) is 13.4. The van der Waals surface area contributed by atoms with Gasteiger partial charge in [-0.2, -0.15) is 4.98 Å². The van der Waals surface area contributed by atoms with Gasteiger partial charge in [-0.25, -0.2) is 4.98 Å². The Balaban J connectivity index is 1.22. The summed E-state index contributed by atoms with van der Waals surface area (Å²) in [6, 6.07) is 10.2. The zero-order chi connectivity index (χ0) is 33.1. The van der Waals surface area contributed by atoms with Crippen LogP contribution in [-0.2, 0) is 9.36 Å². The zero-order valence-electron chi connectivity index (χ0n) is 26.9. The largest absolute Gasteiger partial charge is 0.370 e. The maximum absolute atomic E-state index is 13.4. The lowest BCUT2D eigenvalue weighted by molar-refractivity contribution is -0.111. The second-order valence-electron chi connectivity index (χ2n) is 12.4. The Kier molecular flexibility index (Phi) is 9.88. The third kappa shape index (κ3) is 7.65. The maximum atomic E-state index is 13.4. The number of amides is 1. The average molecular weight is 720 g/mol. The SMILES string of the molecule is C=CC(=O)Nc1cc(Nc2ncc(Br)c(Nc3ccc4nccnc4c3P(C)(C)=O)n2)ccc1N1CCC(N2CCN(C)CC2)CC1. The van der Waals surface area contributed by atoms with E-state index in [1.165, 1.54) is 6.08 Å². The number of fused-ring (bicyclic) bond motifs is 1. The highest BCUT2D eigenvalue weighted by Gasteiger charge is 2.28. The van der Waals surface area contributed by atoms with Gasteiger partial charge in [-0.3, -0.25) is 19.7 Å². The van der Waals surface area contributed by atoms with E-state index in [2.05, 4.69) is 75.2 Å². The summed E-state index contributed by atoms with van der Waals surface area (Å²) in [5.74, 6) is 0.554. The van der Waals surface area contributed by atoms with Crippen LogP contribution in [0.25, 0.3) is 11.0 Å². The number of piperazine rings is 1. The van der Waals surface area contributed by atoms with Gasteiger partial charge in [0.05, 0.1) is 32.4 Å². The van der Waals surface area contributed by atoms with Crippen LogP contribution < -0.4 is 26.2 Å². The molecule has 0 aliphatic carbocycles. The molecule has 4 aromatic rings. The predicted octanol–water partition coefficient (Wildman–Crippen LogP) is 5.26. The molecule has 0 bridgehead atoms. The molecule has 4 heterocycles. The maximum Gasteiger partial charge on any atom is 0.247 e. The van der Waals surface area contributed by atoms with Crippen molar-refractivity contribution in [3.63, 3.8) is 0 Å². The lowest BCUT2D eigenvalue weighted by Crippen LogP contribution is -2.52. The fourth-order valence-electron chi connectivity index (χ4n) is 6.27. The fourth-order valence-corrected chi connectivity index (χ4v) is 7.96. The topological polar surface area (TPSA) is 132 Å². The molecule has 2 aliphatic rings. The standard InChI is InChI=1S/C33H40BrN10O2P/c1-5-29(45)39-27-20-22(6-9-28(27)44-14-10-23(11-15-44)43-18-16-42(2)17-19-43)38-33-37-21-24(34)32(41-33)40-26-8-7-25-30(36-13-12-35-25)31(26)47(3,4)46/h5-9,12-13,20-21,23H,1,10-11,14-19H2,2-4H3,(H,39,45)(H2,37,38,40,41). The first-order valence-electron chi connectivity index (χ1n) is 15.7. The minimum atomic E-state index is -2.76. The Morgan fingerprint density at radius 2 is 1.72 bits per heavy atom. The van der Waals surface area contributed by atoms with Crippen molar-refractivity contribution in [1.82, 2.24) is 29.7 Å². The second kappa shape index (κ2) is 14.1. The van der Waals surface area contributed by atoms with Gasteiger partial charge >= 0.3 is 0 Å². The minimum absolute atomic E-state index is 0.276. The van der Waals surface area contributed by atoms with E-state index in [1.54, 1.807) is 31.9 Å². The lowest BCUT2D eigenvalue weighted by Gasteiger charge is -2.43. The second-order valence-corrected chi connectivity index (χ2v) is 16.4. The van der Waals surface area contributed by atoms with Crippen LogP contribution >= 0.6 is 23.1 Å². The molecule has 2 aliphatic heterocycles. The first-order valence-corrected chi connectivity index (χ1v) is 19.1. The van der Waals surface area contributed by atoms with Gasteiger partial charge in [0.25, 0.3) is 0 Å². The molecule has 14 heteroatoms. The number of rotatable bonds is 9. The zero-order valence-corrected chi connectivity index (χ0v) is 29.4. The molecular formula is C33H40BrN10O2P. The molecule has 0 spiro atoms. The highest BCUT2D eigenvalue weighted by Crippen LogP contribution is 2.41. The molecule has 2 aromatic carbocycles. The van der Waals surface area contributed by atoms with Gasteiger partial charge in [-0.15, -0.1) is 0 Å². The van der Waals surface area contributed by atoms with E-state index in [0.717, 1.165) is 57.8 Å². The summed E-state index contributed by atoms with van der Waals surface area (Å²) < 4.78 is 14.0. The van der Waals surface area contributed by atoms with Crippen LogP contribution in [0.15, 0.2) is 66.1 Å². The Hall–Kier alpha value is -3.90. The van der Waals surface area contributed by atoms with Crippen molar-refractivity contribution in [2.24, 2.45) is 0 Å². The minimum Gasteiger partial charge on any atom is -0.370 e. The highest BCUT2D eigenvalue weighted by atomic mass is 79.9. The summed E-state index contributed by atoms with van der Waals surface area (Å²) in [7, 11) is -0.573. The van der Waals surface area contributed by atoms with Crippen molar-refractivity contribution in [2.75, 3.05) is 80.5 Å². The third-order valence-electron chi connectivity index (χ3n) is 8.70. The molecule has 246 valence electrons. The molecular weight excluding hydrogens is 679 g/mol. The lowest BCUT2D eigenvalue weighted by atomic mass is 10.0. The highest BCUT2D eigenvalue weighted by molar-refractivity contribution is 9.10. The van der Waals surface area contributed by atoms with Crippen LogP contribution in [0, 0.1) is 0 Å².